The fourth-order valence-corrected chi connectivity index (χ4v) is 5.62. The van der Waals surface area contributed by atoms with E-state index in [0.29, 0.717) is 18.2 Å². The van der Waals surface area contributed by atoms with E-state index >= 15 is 0 Å². The van der Waals surface area contributed by atoms with E-state index in [1.54, 1.807) is 26.9 Å². The van der Waals surface area contributed by atoms with Crippen molar-refractivity contribution in [2.45, 2.75) is 58.4 Å². The molecule has 1 saturated heterocycles. The van der Waals surface area contributed by atoms with Gasteiger partial charge in [0.1, 0.15) is 6.04 Å². The third-order valence-electron chi connectivity index (χ3n) is 6.50. The van der Waals surface area contributed by atoms with E-state index in [4.69, 9.17) is 4.84 Å². The molecule has 1 atom stereocenters. The van der Waals surface area contributed by atoms with Gasteiger partial charge in [-0.3, -0.25) is 9.63 Å². The number of thiazole rings is 1. The number of pyridine rings is 1. The number of carbonyl (C=O) groups excluding carboxylic acids is 1. The molecule has 0 bridgehead atoms. The molecule has 5 rings (SSSR count). The lowest BCUT2D eigenvalue weighted by Gasteiger charge is -2.31. The molecular formula is C23H27FN4O2S. The zero-order valence-electron chi connectivity index (χ0n) is 17.9. The quantitative estimate of drug-likeness (QED) is 0.582. The van der Waals surface area contributed by atoms with Gasteiger partial charge in [0, 0.05) is 30.1 Å². The molecule has 2 fully saturated rings. The number of carbonyl (C=O) groups is 1. The zero-order chi connectivity index (χ0) is 21.5. The maximum Gasteiger partial charge on any atom is 0.249 e. The summed E-state index contributed by atoms with van der Waals surface area (Å²) in [4.78, 5) is 27.7. The molecule has 164 valence electrons. The van der Waals surface area contributed by atoms with Crippen LogP contribution in [0.15, 0.2) is 23.8 Å². The molecule has 1 saturated carbocycles. The van der Waals surface area contributed by atoms with Crippen molar-refractivity contribution in [3.05, 3.63) is 51.6 Å². The van der Waals surface area contributed by atoms with Gasteiger partial charge >= 0.3 is 0 Å². The SMILES string of the molecule is Cc1cn2cc(CC3CCC(C(=O)N4OCC[C@H]4c4csc(C)n4)CC3)cc(F)c2n1. The molecule has 4 heterocycles. The normalized spacial score (nSPS) is 24.2. The largest absolute Gasteiger partial charge is 0.304 e. The Hall–Kier alpha value is -2.32. The Morgan fingerprint density at radius 2 is 2.00 bits per heavy atom. The van der Waals surface area contributed by atoms with Crippen molar-refractivity contribution in [1.29, 1.82) is 0 Å². The lowest BCUT2D eigenvalue weighted by atomic mass is 9.79. The molecule has 1 amide bonds. The number of amides is 1. The van der Waals surface area contributed by atoms with E-state index in [-0.39, 0.29) is 23.7 Å². The predicted molar refractivity (Wildman–Crippen MR) is 116 cm³/mol. The average molecular weight is 443 g/mol. The van der Waals surface area contributed by atoms with Crippen LogP contribution in [0.25, 0.3) is 5.65 Å². The fourth-order valence-electron chi connectivity index (χ4n) is 4.96. The number of hydrogen-bond acceptors (Lipinski definition) is 5. The molecule has 2 aliphatic rings. The van der Waals surface area contributed by atoms with Gasteiger partial charge in [-0.2, -0.15) is 0 Å². The maximum atomic E-state index is 14.4. The summed E-state index contributed by atoms with van der Waals surface area (Å²) in [5.74, 6) is 0.269. The molecule has 0 N–H and O–H groups in total. The summed E-state index contributed by atoms with van der Waals surface area (Å²) in [5.41, 5.74) is 3.12. The van der Waals surface area contributed by atoms with E-state index in [0.717, 1.165) is 60.5 Å². The first-order valence-electron chi connectivity index (χ1n) is 11.0. The first-order valence-corrected chi connectivity index (χ1v) is 11.9. The van der Waals surface area contributed by atoms with E-state index in [1.807, 2.05) is 31.6 Å². The minimum atomic E-state index is -0.274. The van der Waals surface area contributed by atoms with E-state index in [9.17, 15) is 9.18 Å². The van der Waals surface area contributed by atoms with Crippen molar-refractivity contribution in [2.75, 3.05) is 6.61 Å². The van der Waals surface area contributed by atoms with Crippen molar-refractivity contribution in [2.24, 2.45) is 11.8 Å². The van der Waals surface area contributed by atoms with Crippen molar-refractivity contribution < 1.29 is 14.0 Å². The van der Waals surface area contributed by atoms with Gasteiger partial charge in [0.25, 0.3) is 0 Å². The Labute approximate surface area is 185 Å². The summed E-state index contributed by atoms with van der Waals surface area (Å²) in [6.45, 7) is 4.41. The van der Waals surface area contributed by atoms with Crippen LogP contribution in [0.5, 0.6) is 0 Å². The molecule has 1 aliphatic carbocycles. The van der Waals surface area contributed by atoms with Crippen LogP contribution in [0.3, 0.4) is 0 Å². The van der Waals surface area contributed by atoms with Crippen LogP contribution in [0.2, 0.25) is 0 Å². The molecule has 3 aromatic heterocycles. The van der Waals surface area contributed by atoms with Gasteiger partial charge in [0.05, 0.1) is 23.0 Å². The third kappa shape index (κ3) is 4.11. The molecule has 0 aromatic carbocycles. The standard InChI is InChI=1S/C23H27FN4O2S/c1-14-11-27-12-17(10-19(24)22(27)25-14)9-16-3-5-18(6-4-16)23(29)28-21(7-8-30-28)20-13-31-15(2)26-20/h10-13,16,18,21H,3-9H2,1-2H3/t16?,18?,21-/m0/s1. The van der Waals surface area contributed by atoms with Gasteiger partial charge in [-0.1, -0.05) is 0 Å². The van der Waals surface area contributed by atoms with Gasteiger partial charge < -0.3 is 4.40 Å². The highest BCUT2D eigenvalue weighted by atomic mass is 32.1. The van der Waals surface area contributed by atoms with Gasteiger partial charge in [-0.05, 0) is 63.5 Å². The molecule has 3 aromatic rings. The monoisotopic (exact) mass is 442 g/mol. The Morgan fingerprint density at radius 1 is 1.19 bits per heavy atom. The van der Waals surface area contributed by atoms with Crippen molar-refractivity contribution in [3.63, 3.8) is 0 Å². The Morgan fingerprint density at radius 3 is 2.74 bits per heavy atom. The second-order valence-corrected chi connectivity index (χ2v) is 9.89. The number of aryl methyl sites for hydroxylation is 2. The van der Waals surface area contributed by atoms with Gasteiger partial charge in [-0.25, -0.2) is 19.4 Å². The van der Waals surface area contributed by atoms with Crippen LogP contribution in [-0.2, 0) is 16.1 Å². The number of hydrogen-bond donors (Lipinski definition) is 0. The summed E-state index contributed by atoms with van der Waals surface area (Å²) in [6.07, 6.45) is 9.09. The molecule has 8 heteroatoms. The molecule has 0 spiro atoms. The van der Waals surface area contributed by atoms with E-state index in [1.165, 1.54) is 0 Å². The van der Waals surface area contributed by atoms with Gasteiger partial charge in [0.2, 0.25) is 5.91 Å². The molecule has 1 aliphatic heterocycles. The second-order valence-electron chi connectivity index (χ2n) is 8.82. The average Bonchev–Trinajstić information content (AvgIpc) is 3.47. The van der Waals surface area contributed by atoms with E-state index < -0.39 is 0 Å². The predicted octanol–water partition coefficient (Wildman–Crippen LogP) is 4.80. The number of imidazole rings is 1. The highest BCUT2D eigenvalue weighted by molar-refractivity contribution is 7.09. The number of hydroxylamine groups is 2. The van der Waals surface area contributed by atoms with Crippen LogP contribution in [-0.4, -0.2) is 31.9 Å². The lowest BCUT2D eigenvalue weighted by Crippen LogP contribution is -2.37. The van der Waals surface area contributed by atoms with Gasteiger partial charge in [0.15, 0.2) is 11.5 Å². The molecule has 0 unspecified atom stereocenters. The number of aromatic nitrogens is 3. The number of halogens is 1. The summed E-state index contributed by atoms with van der Waals surface area (Å²) < 4.78 is 16.2. The van der Waals surface area contributed by atoms with Crippen molar-refractivity contribution in [3.8, 4) is 0 Å². The summed E-state index contributed by atoms with van der Waals surface area (Å²) in [5, 5.41) is 4.63. The smallest absolute Gasteiger partial charge is 0.249 e. The van der Waals surface area contributed by atoms with Crippen molar-refractivity contribution in [1.82, 2.24) is 19.4 Å². The molecule has 6 nitrogen and oxygen atoms in total. The highest BCUT2D eigenvalue weighted by Crippen LogP contribution is 2.37. The minimum absolute atomic E-state index is 0.00732. The Kier molecular flexibility index (Phi) is 5.52. The topological polar surface area (TPSA) is 59.7 Å². The molecular weight excluding hydrogens is 415 g/mol. The van der Waals surface area contributed by atoms with Gasteiger partial charge in [-0.15, -0.1) is 11.3 Å². The number of nitrogens with zero attached hydrogens (tertiary/aromatic N) is 4. The van der Waals surface area contributed by atoms with Crippen LogP contribution in [0.4, 0.5) is 4.39 Å². The molecule has 31 heavy (non-hydrogen) atoms. The van der Waals surface area contributed by atoms with Crippen LogP contribution < -0.4 is 0 Å². The minimum Gasteiger partial charge on any atom is -0.304 e. The van der Waals surface area contributed by atoms with Crippen molar-refractivity contribution >= 4 is 22.9 Å². The van der Waals surface area contributed by atoms with Crippen LogP contribution in [0.1, 0.15) is 60.1 Å². The van der Waals surface area contributed by atoms with E-state index in [2.05, 4.69) is 9.97 Å². The Bertz CT molecular complexity index is 1100. The third-order valence-corrected chi connectivity index (χ3v) is 7.30. The lowest BCUT2D eigenvalue weighted by molar-refractivity contribution is -0.183. The van der Waals surface area contributed by atoms with Crippen LogP contribution in [0, 0.1) is 31.5 Å². The molecule has 0 radical (unpaired) electrons. The number of fused-ring (bicyclic) bond motifs is 1. The second kappa shape index (κ2) is 8.31. The summed E-state index contributed by atoms with van der Waals surface area (Å²) in [6, 6.07) is 1.54. The maximum absolute atomic E-state index is 14.4. The highest BCUT2D eigenvalue weighted by Gasteiger charge is 2.38. The summed E-state index contributed by atoms with van der Waals surface area (Å²) in [7, 11) is 0. The summed E-state index contributed by atoms with van der Waals surface area (Å²) >= 11 is 1.61. The Balaban J connectivity index is 1.21. The first kappa shape index (κ1) is 20.6. The fraction of sp³-hybridized carbons (Fsp3) is 0.522. The number of rotatable bonds is 4. The first-order chi connectivity index (χ1) is 15.0. The van der Waals surface area contributed by atoms with Crippen LogP contribution >= 0.6 is 11.3 Å². The zero-order valence-corrected chi connectivity index (χ0v) is 18.7.